The van der Waals surface area contributed by atoms with Gasteiger partial charge in [0.1, 0.15) is 16.9 Å². The summed E-state index contributed by atoms with van der Waals surface area (Å²) in [7, 11) is 0. The molecule has 0 aliphatic heterocycles. The number of fused-ring (bicyclic) bond motifs is 1. The van der Waals surface area contributed by atoms with E-state index in [9.17, 15) is 18.4 Å². The van der Waals surface area contributed by atoms with E-state index in [-0.39, 0.29) is 18.6 Å². The van der Waals surface area contributed by atoms with E-state index in [0.717, 1.165) is 29.1 Å². The van der Waals surface area contributed by atoms with Crippen LogP contribution in [0.2, 0.25) is 0 Å². The quantitative estimate of drug-likeness (QED) is 0.188. The maximum atomic E-state index is 14.0. The average Bonchev–Trinajstić information content (AvgIpc) is 3.59. The Morgan fingerprint density at radius 3 is 2.35 bits per heavy atom. The molecule has 0 unspecified atom stereocenters. The fraction of sp³-hybridized carbons (Fsp3) is 0.433. The second kappa shape index (κ2) is 11.2. The van der Waals surface area contributed by atoms with Crippen LogP contribution in [0, 0.1) is 5.41 Å². The lowest BCUT2D eigenvalue weighted by Crippen LogP contribution is -2.63. The molecule has 7 nitrogen and oxygen atoms in total. The third kappa shape index (κ3) is 6.16. The van der Waals surface area contributed by atoms with Crippen molar-refractivity contribution in [2.45, 2.75) is 61.9 Å². The summed E-state index contributed by atoms with van der Waals surface area (Å²) < 4.78 is 39.7. The number of carbonyl (C=O) groups is 2. The van der Waals surface area contributed by atoms with Gasteiger partial charge in [-0.2, -0.15) is 11.8 Å². The number of halogens is 2. The summed E-state index contributed by atoms with van der Waals surface area (Å²) in [5.41, 5.74) is 0.104. The lowest BCUT2D eigenvalue weighted by molar-refractivity contribution is -0.133. The van der Waals surface area contributed by atoms with Crippen LogP contribution in [0.15, 0.2) is 52.9 Å². The molecule has 10 heteroatoms. The van der Waals surface area contributed by atoms with Crippen LogP contribution >= 0.6 is 11.8 Å². The third-order valence-corrected chi connectivity index (χ3v) is 8.44. The Labute approximate surface area is 235 Å². The number of hydrogen-bond acceptors (Lipinski definition) is 6. The van der Waals surface area contributed by atoms with Crippen molar-refractivity contribution >= 4 is 40.8 Å². The molecule has 3 aromatic rings. The molecule has 2 saturated carbocycles. The standard InChI is InChI=1S/C30H33F2N3O4S/c1-40-16-2-15-38-23-7-5-20(6-8-23)21-3-4-22-18-25(39-24(22)17-21)26(36)34-29(11-13-30(31,32)14-12-29)27(37)35-28(19-33)9-10-28/h3-8,17-19,33H,2,9-16H2,1H3,(H,34,36)(H,35,37). The number of hydrogen-bond donors (Lipinski definition) is 3. The number of nitrogens with one attached hydrogen (secondary N) is 3. The van der Waals surface area contributed by atoms with Crippen molar-refractivity contribution in [3.63, 3.8) is 0 Å². The first kappa shape index (κ1) is 28.1. The molecule has 0 radical (unpaired) electrons. The first-order valence-electron chi connectivity index (χ1n) is 13.5. The van der Waals surface area contributed by atoms with Gasteiger partial charge in [-0.15, -0.1) is 0 Å². The number of benzene rings is 2. The number of amides is 2. The molecule has 2 aliphatic rings. The highest BCUT2D eigenvalue weighted by atomic mass is 32.2. The molecular weight excluding hydrogens is 536 g/mol. The fourth-order valence-electron chi connectivity index (χ4n) is 4.98. The van der Waals surface area contributed by atoms with Gasteiger partial charge in [0.25, 0.3) is 5.91 Å². The molecule has 2 amide bonds. The topological polar surface area (TPSA) is 104 Å². The summed E-state index contributed by atoms with van der Waals surface area (Å²) in [5.74, 6) is -2.21. The molecule has 2 fully saturated rings. The maximum Gasteiger partial charge on any atom is 0.287 e. The van der Waals surface area contributed by atoms with Gasteiger partial charge in [0.15, 0.2) is 5.76 Å². The fourth-order valence-corrected chi connectivity index (χ4v) is 5.38. The molecule has 212 valence electrons. The normalized spacial score (nSPS) is 18.6. The van der Waals surface area contributed by atoms with Crippen LogP contribution in [-0.4, -0.2) is 53.6 Å². The second-order valence-corrected chi connectivity index (χ2v) is 11.7. The third-order valence-electron chi connectivity index (χ3n) is 7.74. The molecule has 40 heavy (non-hydrogen) atoms. The zero-order valence-corrected chi connectivity index (χ0v) is 23.2. The summed E-state index contributed by atoms with van der Waals surface area (Å²) in [6.45, 7) is 0.665. The number of rotatable bonds is 11. The molecule has 5 rings (SSSR count). The van der Waals surface area contributed by atoms with Gasteiger partial charge in [-0.1, -0.05) is 24.3 Å². The molecule has 0 saturated heterocycles. The highest BCUT2D eigenvalue weighted by Crippen LogP contribution is 2.41. The molecule has 2 aromatic carbocycles. The molecular formula is C30H33F2N3O4S. The van der Waals surface area contributed by atoms with Gasteiger partial charge in [0.05, 0.1) is 12.1 Å². The van der Waals surface area contributed by atoms with E-state index in [0.29, 0.717) is 30.4 Å². The highest BCUT2D eigenvalue weighted by Gasteiger charge is 2.52. The average molecular weight is 570 g/mol. The van der Waals surface area contributed by atoms with Gasteiger partial charge < -0.3 is 25.2 Å². The number of alkyl halides is 2. The van der Waals surface area contributed by atoms with E-state index >= 15 is 0 Å². The molecule has 3 N–H and O–H groups in total. The van der Waals surface area contributed by atoms with E-state index in [1.54, 1.807) is 17.8 Å². The zero-order chi connectivity index (χ0) is 28.4. The number of ether oxygens (including phenoxy) is 1. The van der Waals surface area contributed by atoms with E-state index in [4.69, 9.17) is 14.6 Å². The van der Waals surface area contributed by atoms with E-state index in [2.05, 4.69) is 16.9 Å². The molecule has 2 aliphatic carbocycles. The lowest BCUT2D eigenvalue weighted by atomic mass is 9.78. The summed E-state index contributed by atoms with van der Waals surface area (Å²) in [6, 6.07) is 15.0. The molecule has 1 heterocycles. The first-order valence-corrected chi connectivity index (χ1v) is 14.9. The van der Waals surface area contributed by atoms with Gasteiger partial charge in [-0.05, 0) is 79.5 Å². The summed E-state index contributed by atoms with van der Waals surface area (Å²) >= 11 is 1.79. The van der Waals surface area contributed by atoms with Crippen molar-refractivity contribution in [2.24, 2.45) is 0 Å². The van der Waals surface area contributed by atoms with Crippen molar-refractivity contribution in [3.8, 4) is 16.9 Å². The van der Waals surface area contributed by atoms with Gasteiger partial charge in [-0.25, -0.2) is 8.78 Å². The SMILES string of the molecule is CSCCCOc1ccc(-c2ccc3cc(C(=O)NC4(C(=O)NC5(C=N)CC5)CCC(F)(F)CC4)oc3c2)cc1. The minimum atomic E-state index is -2.89. The van der Waals surface area contributed by atoms with Crippen LogP contribution in [0.25, 0.3) is 22.1 Å². The van der Waals surface area contributed by atoms with Crippen molar-refractivity contribution in [1.29, 1.82) is 5.41 Å². The Morgan fingerprint density at radius 1 is 1.00 bits per heavy atom. The van der Waals surface area contributed by atoms with E-state index in [1.165, 1.54) is 6.21 Å². The van der Waals surface area contributed by atoms with Crippen molar-refractivity contribution in [1.82, 2.24) is 10.6 Å². The van der Waals surface area contributed by atoms with Gasteiger partial charge in [-0.3, -0.25) is 9.59 Å². The minimum absolute atomic E-state index is 0.00108. The largest absolute Gasteiger partial charge is 0.494 e. The smallest absolute Gasteiger partial charge is 0.287 e. The van der Waals surface area contributed by atoms with Crippen LogP contribution in [0.5, 0.6) is 5.75 Å². The summed E-state index contributed by atoms with van der Waals surface area (Å²) in [5, 5.41) is 13.8. The highest BCUT2D eigenvalue weighted by molar-refractivity contribution is 7.98. The minimum Gasteiger partial charge on any atom is -0.494 e. The molecule has 0 spiro atoms. The van der Waals surface area contributed by atoms with Gasteiger partial charge >= 0.3 is 0 Å². The Balaban J connectivity index is 1.31. The predicted octanol–water partition coefficient (Wildman–Crippen LogP) is 6.21. The van der Waals surface area contributed by atoms with Crippen LogP contribution < -0.4 is 15.4 Å². The molecule has 0 bridgehead atoms. The Bertz CT molecular complexity index is 1390. The second-order valence-electron chi connectivity index (χ2n) is 10.7. The zero-order valence-electron chi connectivity index (χ0n) is 22.4. The van der Waals surface area contributed by atoms with Crippen LogP contribution in [-0.2, 0) is 4.79 Å². The van der Waals surface area contributed by atoms with Crippen molar-refractivity contribution < 1.29 is 27.5 Å². The Kier molecular flexibility index (Phi) is 7.90. The van der Waals surface area contributed by atoms with E-state index in [1.807, 2.05) is 42.5 Å². The number of carbonyl (C=O) groups excluding carboxylic acids is 2. The first-order chi connectivity index (χ1) is 19.2. The monoisotopic (exact) mass is 569 g/mol. The molecule has 1 aromatic heterocycles. The van der Waals surface area contributed by atoms with Crippen LogP contribution in [0.4, 0.5) is 8.78 Å². The molecule has 0 atom stereocenters. The predicted molar refractivity (Wildman–Crippen MR) is 153 cm³/mol. The van der Waals surface area contributed by atoms with Crippen molar-refractivity contribution in [2.75, 3.05) is 18.6 Å². The van der Waals surface area contributed by atoms with Crippen molar-refractivity contribution in [3.05, 3.63) is 54.3 Å². The van der Waals surface area contributed by atoms with E-state index < -0.39 is 41.7 Å². The van der Waals surface area contributed by atoms with Gasteiger partial charge in [0, 0.05) is 24.4 Å². The maximum absolute atomic E-state index is 14.0. The van der Waals surface area contributed by atoms with Crippen LogP contribution in [0.1, 0.15) is 55.5 Å². The lowest BCUT2D eigenvalue weighted by Gasteiger charge is -2.39. The summed E-state index contributed by atoms with van der Waals surface area (Å²) in [6.07, 6.45) is 4.02. The summed E-state index contributed by atoms with van der Waals surface area (Å²) in [4.78, 5) is 26.6. The Morgan fingerprint density at radius 2 is 1.70 bits per heavy atom. The number of thioether (sulfide) groups is 1. The van der Waals surface area contributed by atoms with Crippen LogP contribution in [0.3, 0.4) is 0 Å². The Hall–Kier alpha value is -3.40. The van der Waals surface area contributed by atoms with Gasteiger partial charge in [0.2, 0.25) is 11.8 Å². The number of furan rings is 1.